The Bertz CT molecular complexity index is 387. The fraction of sp³-hybridized carbons (Fsp3) is 0.833. The molecule has 94 valence electrons. The molecular weight excluding hydrogens is 234 g/mol. The molecule has 0 saturated carbocycles. The molecule has 4 nitrogen and oxygen atoms in total. The highest BCUT2D eigenvalue weighted by molar-refractivity contribution is 8.00. The number of aromatic nitrogens is 3. The van der Waals surface area contributed by atoms with E-state index in [1.807, 2.05) is 0 Å². The second kappa shape index (κ2) is 4.98. The van der Waals surface area contributed by atoms with Crippen LogP contribution >= 0.6 is 11.8 Å². The first kappa shape index (κ1) is 11.5. The lowest BCUT2D eigenvalue weighted by Gasteiger charge is -2.22. The van der Waals surface area contributed by atoms with Gasteiger partial charge in [-0.05, 0) is 31.4 Å². The largest absolute Gasteiger partial charge is 0.396 e. The monoisotopic (exact) mass is 253 g/mol. The van der Waals surface area contributed by atoms with Crippen LogP contribution < -0.4 is 0 Å². The Kier molecular flexibility index (Phi) is 3.38. The van der Waals surface area contributed by atoms with E-state index in [-0.39, 0.29) is 12.5 Å². The minimum Gasteiger partial charge on any atom is -0.396 e. The Hall–Kier alpha value is -0.550. The van der Waals surface area contributed by atoms with Crippen LogP contribution in [0.25, 0.3) is 0 Å². The third-order valence-electron chi connectivity index (χ3n) is 3.81. The van der Waals surface area contributed by atoms with E-state index < -0.39 is 0 Å². The van der Waals surface area contributed by atoms with E-state index in [0.717, 1.165) is 42.7 Å². The molecule has 0 aromatic carbocycles. The van der Waals surface area contributed by atoms with E-state index in [1.54, 1.807) is 0 Å². The fourth-order valence-corrected chi connectivity index (χ4v) is 4.12. The summed E-state index contributed by atoms with van der Waals surface area (Å²) in [5.74, 6) is 3.65. The molecule has 2 aliphatic rings. The first-order chi connectivity index (χ1) is 8.38. The van der Waals surface area contributed by atoms with Gasteiger partial charge in [0.2, 0.25) is 0 Å². The van der Waals surface area contributed by atoms with Gasteiger partial charge in [-0.3, -0.25) is 0 Å². The molecule has 0 bridgehead atoms. The van der Waals surface area contributed by atoms with Gasteiger partial charge in [0.1, 0.15) is 11.6 Å². The van der Waals surface area contributed by atoms with Crippen molar-refractivity contribution >= 4 is 11.8 Å². The van der Waals surface area contributed by atoms with Gasteiger partial charge in [-0.1, -0.05) is 0 Å². The number of nitrogens with zero attached hydrogens (tertiary/aromatic N) is 3. The summed E-state index contributed by atoms with van der Waals surface area (Å²) in [5, 5.41) is 18.7. The van der Waals surface area contributed by atoms with Crippen molar-refractivity contribution in [1.29, 1.82) is 0 Å². The van der Waals surface area contributed by atoms with Crippen molar-refractivity contribution in [2.45, 2.75) is 49.8 Å². The molecular formula is C12H19N3OS. The van der Waals surface area contributed by atoms with Crippen molar-refractivity contribution in [3.05, 3.63) is 11.6 Å². The van der Waals surface area contributed by atoms with Crippen LogP contribution in [0.2, 0.25) is 0 Å². The summed E-state index contributed by atoms with van der Waals surface area (Å²) in [6.07, 6.45) is 5.90. The van der Waals surface area contributed by atoms with E-state index >= 15 is 0 Å². The molecule has 1 aromatic heterocycles. The Balaban J connectivity index is 1.79. The molecule has 2 aliphatic heterocycles. The van der Waals surface area contributed by atoms with Gasteiger partial charge in [0.05, 0.1) is 6.61 Å². The fourth-order valence-electron chi connectivity index (χ4n) is 2.85. The molecule has 1 fully saturated rings. The highest BCUT2D eigenvalue weighted by Crippen LogP contribution is 2.31. The molecule has 3 heterocycles. The number of aliphatic hydroxyl groups is 1. The maximum absolute atomic E-state index is 9.35. The van der Waals surface area contributed by atoms with E-state index in [0.29, 0.717) is 0 Å². The van der Waals surface area contributed by atoms with Crippen LogP contribution in [0.15, 0.2) is 0 Å². The van der Waals surface area contributed by atoms with Gasteiger partial charge in [0.25, 0.3) is 0 Å². The van der Waals surface area contributed by atoms with E-state index in [4.69, 9.17) is 0 Å². The predicted octanol–water partition coefficient (Wildman–Crippen LogP) is 1.59. The normalized spacial score (nSPS) is 28.3. The summed E-state index contributed by atoms with van der Waals surface area (Å²) in [5.41, 5.74) is 0. The van der Waals surface area contributed by atoms with Crippen LogP contribution in [0.1, 0.15) is 43.3 Å². The standard InChI is InChI=1S/C12H19N3OS/c16-8-9-3-1-5-15-11(13-14-12(9)15)7-10-4-2-6-17-10/h9-10,16H,1-8H2. The summed E-state index contributed by atoms with van der Waals surface area (Å²) >= 11 is 2.07. The lowest BCUT2D eigenvalue weighted by atomic mass is 10.00. The van der Waals surface area contributed by atoms with Crippen molar-refractivity contribution in [2.24, 2.45) is 0 Å². The van der Waals surface area contributed by atoms with Gasteiger partial charge in [-0.25, -0.2) is 0 Å². The van der Waals surface area contributed by atoms with Gasteiger partial charge in [-0.2, -0.15) is 11.8 Å². The zero-order valence-corrected chi connectivity index (χ0v) is 10.8. The molecule has 17 heavy (non-hydrogen) atoms. The predicted molar refractivity (Wildman–Crippen MR) is 68.3 cm³/mol. The van der Waals surface area contributed by atoms with Crippen LogP contribution in [0.4, 0.5) is 0 Å². The minimum atomic E-state index is 0.205. The summed E-state index contributed by atoms with van der Waals surface area (Å²) in [4.78, 5) is 0. The Morgan fingerprint density at radius 3 is 3.00 bits per heavy atom. The lowest BCUT2D eigenvalue weighted by Crippen LogP contribution is -2.21. The number of hydrogen-bond acceptors (Lipinski definition) is 4. The summed E-state index contributed by atoms with van der Waals surface area (Å²) in [6.45, 7) is 1.24. The smallest absolute Gasteiger partial charge is 0.138 e. The van der Waals surface area contributed by atoms with Crippen LogP contribution in [0.5, 0.6) is 0 Å². The average Bonchev–Trinajstić information content (AvgIpc) is 2.99. The number of fused-ring (bicyclic) bond motifs is 1. The Morgan fingerprint density at radius 2 is 2.24 bits per heavy atom. The SMILES string of the molecule is OCC1CCCn2c(CC3CCCS3)nnc21. The Morgan fingerprint density at radius 1 is 1.29 bits per heavy atom. The van der Waals surface area contributed by atoms with Crippen LogP contribution in [0, 0.1) is 0 Å². The number of aliphatic hydroxyl groups excluding tert-OH is 1. The number of thioether (sulfide) groups is 1. The van der Waals surface area contributed by atoms with E-state index in [2.05, 4.69) is 26.5 Å². The maximum atomic E-state index is 9.35. The summed E-state index contributed by atoms with van der Waals surface area (Å²) < 4.78 is 2.25. The van der Waals surface area contributed by atoms with Crippen LogP contribution in [0.3, 0.4) is 0 Å². The molecule has 1 aromatic rings. The van der Waals surface area contributed by atoms with E-state index in [1.165, 1.54) is 18.6 Å². The van der Waals surface area contributed by atoms with Crippen molar-refractivity contribution in [2.75, 3.05) is 12.4 Å². The Labute approximate surface area is 106 Å². The molecule has 2 atom stereocenters. The van der Waals surface area contributed by atoms with E-state index in [9.17, 15) is 5.11 Å². The first-order valence-corrected chi connectivity index (χ1v) is 7.58. The molecule has 0 aliphatic carbocycles. The number of hydrogen-bond donors (Lipinski definition) is 1. The third kappa shape index (κ3) is 2.22. The highest BCUT2D eigenvalue weighted by atomic mass is 32.2. The molecule has 5 heteroatoms. The van der Waals surface area contributed by atoms with Crippen molar-refractivity contribution < 1.29 is 5.11 Å². The number of rotatable bonds is 3. The molecule has 2 unspecified atom stereocenters. The van der Waals surface area contributed by atoms with Gasteiger partial charge >= 0.3 is 0 Å². The summed E-state index contributed by atoms with van der Waals surface area (Å²) in [7, 11) is 0. The molecule has 0 radical (unpaired) electrons. The van der Waals surface area contributed by atoms with Crippen molar-refractivity contribution in [3.63, 3.8) is 0 Å². The molecule has 3 rings (SSSR count). The second-order valence-electron chi connectivity index (χ2n) is 4.99. The average molecular weight is 253 g/mol. The van der Waals surface area contributed by atoms with Gasteiger partial charge in [-0.15, -0.1) is 10.2 Å². The van der Waals surface area contributed by atoms with Crippen LogP contribution in [-0.2, 0) is 13.0 Å². The molecule has 0 spiro atoms. The van der Waals surface area contributed by atoms with Gasteiger partial charge < -0.3 is 9.67 Å². The third-order valence-corrected chi connectivity index (χ3v) is 5.21. The molecule has 0 amide bonds. The zero-order valence-electron chi connectivity index (χ0n) is 10.0. The highest BCUT2D eigenvalue weighted by Gasteiger charge is 2.26. The maximum Gasteiger partial charge on any atom is 0.138 e. The quantitative estimate of drug-likeness (QED) is 0.888. The van der Waals surface area contributed by atoms with Crippen LogP contribution in [-0.4, -0.2) is 37.5 Å². The van der Waals surface area contributed by atoms with Gasteiger partial charge in [0, 0.05) is 24.1 Å². The molecule has 1 saturated heterocycles. The lowest BCUT2D eigenvalue weighted by molar-refractivity contribution is 0.237. The van der Waals surface area contributed by atoms with Crippen molar-refractivity contribution in [1.82, 2.24) is 14.8 Å². The van der Waals surface area contributed by atoms with Gasteiger partial charge in [0.15, 0.2) is 0 Å². The first-order valence-electron chi connectivity index (χ1n) is 6.53. The summed E-state index contributed by atoms with van der Waals surface area (Å²) in [6, 6.07) is 0. The second-order valence-corrected chi connectivity index (χ2v) is 6.40. The van der Waals surface area contributed by atoms with Crippen molar-refractivity contribution in [3.8, 4) is 0 Å². The zero-order chi connectivity index (χ0) is 11.7. The molecule has 1 N–H and O–H groups in total. The minimum absolute atomic E-state index is 0.205. The topological polar surface area (TPSA) is 50.9 Å².